The van der Waals surface area contributed by atoms with Crippen molar-refractivity contribution >= 4 is 27.7 Å². The third-order valence-corrected chi connectivity index (χ3v) is 3.22. The van der Waals surface area contributed by atoms with Gasteiger partial charge in [0.25, 0.3) is 5.91 Å². The standard InChI is InChI=1S/C14H13BrFN3O2/c15-10-7-12(17-8-10)14(21)19-18-13(20)6-3-9-1-4-11(16)5-2-9/h1-2,4-5,7-8,17H,3,6H2,(H,18,20)(H,19,21). The van der Waals surface area contributed by atoms with E-state index in [1.807, 2.05) is 0 Å². The summed E-state index contributed by atoms with van der Waals surface area (Å²) in [6.07, 6.45) is 2.28. The Morgan fingerprint density at radius 3 is 2.52 bits per heavy atom. The number of carbonyl (C=O) groups is 2. The lowest BCUT2D eigenvalue weighted by molar-refractivity contribution is -0.121. The average molecular weight is 354 g/mol. The van der Waals surface area contributed by atoms with Gasteiger partial charge in [0.05, 0.1) is 0 Å². The summed E-state index contributed by atoms with van der Waals surface area (Å²) in [6.45, 7) is 0. The summed E-state index contributed by atoms with van der Waals surface area (Å²) in [6, 6.07) is 7.53. The van der Waals surface area contributed by atoms with Crippen molar-refractivity contribution in [2.45, 2.75) is 12.8 Å². The van der Waals surface area contributed by atoms with Gasteiger partial charge in [-0.15, -0.1) is 0 Å². The van der Waals surface area contributed by atoms with E-state index >= 15 is 0 Å². The molecule has 0 radical (unpaired) electrons. The maximum atomic E-state index is 12.7. The fourth-order valence-corrected chi connectivity index (χ4v) is 2.01. The molecule has 1 aromatic carbocycles. The van der Waals surface area contributed by atoms with E-state index in [-0.39, 0.29) is 18.1 Å². The Hall–Kier alpha value is -2.15. The average Bonchev–Trinajstić information content (AvgIpc) is 2.91. The molecule has 0 saturated carbocycles. The molecule has 0 atom stereocenters. The normalized spacial score (nSPS) is 10.2. The number of amides is 2. The van der Waals surface area contributed by atoms with Gasteiger partial charge >= 0.3 is 0 Å². The fraction of sp³-hybridized carbons (Fsp3) is 0.143. The minimum atomic E-state index is -0.434. The zero-order valence-corrected chi connectivity index (χ0v) is 12.5. The van der Waals surface area contributed by atoms with E-state index in [0.717, 1.165) is 10.0 Å². The number of carbonyl (C=O) groups excluding carboxylic acids is 2. The number of hydrazine groups is 1. The van der Waals surface area contributed by atoms with Crippen LogP contribution >= 0.6 is 15.9 Å². The molecule has 3 N–H and O–H groups in total. The molecule has 0 aliphatic rings. The number of nitrogens with one attached hydrogen (secondary N) is 3. The van der Waals surface area contributed by atoms with Gasteiger partial charge in [0, 0.05) is 17.1 Å². The number of aromatic amines is 1. The van der Waals surface area contributed by atoms with Crippen molar-refractivity contribution in [3.63, 3.8) is 0 Å². The molecule has 21 heavy (non-hydrogen) atoms. The largest absolute Gasteiger partial charge is 0.356 e. The lowest BCUT2D eigenvalue weighted by atomic mass is 10.1. The minimum Gasteiger partial charge on any atom is -0.356 e. The van der Waals surface area contributed by atoms with Gasteiger partial charge in [0.1, 0.15) is 11.5 Å². The molecule has 5 nitrogen and oxygen atoms in total. The molecular weight excluding hydrogens is 341 g/mol. The van der Waals surface area contributed by atoms with Crippen LogP contribution in [0.4, 0.5) is 4.39 Å². The van der Waals surface area contributed by atoms with Crippen LogP contribution in [0.1, 0.15) is 22.5 Å². The first-order valence-corrected chi connectivity index (χ1v) is 7.01. The Morgan fingerprint density at radius 1 is 1.19 bits per heavy atom. The number of benzene rings is 1. The quantitative estimate of drug-likeness (QED) is 0.738. The molecule has 0 aliphatic carbocycles. The van der Waals surface area contributed by atoms with Gasteiger partial charge in [-0.2, -0.15) is 0 Å². The molecule has 2 aromatic rings. The Kier molecular flexibility index (Phi) is 5.10. The number of aromatic nitrogens is 1. The van der Waals surface area contributed by atoms with Crippen molar-refractivity contribution in [3.05, 3.63) is 58.1 Å². The van der Waals surface area contributed by atoms with Crippen LogP contribution in [-0.2, 0) is 11.2 Å². The number of hydrogen-bond donors (Lipinski definition) is 3. The molecule has 0 saturated heterocycles. The highest BCUT2D eigenvalue weighted by Crippen LogP contribution is 2.10. The molecule has 1 heterocycles. The summed E-state index contributed by atoms with van der Waals surface area (Å²) in [5, 5.41) is 0. The third kappa shape index (κ3) is 4.71. The Bertz CT molecular complexity index is 640. The Balaban J connectivity index is 1.74. The van der Waals surface area contributed by atoms with Crippen LogP contribution in [0.3, 0.4) is 0 Å². The van der Waals surface area contributed by atoms with E-state index in [1.54, 1.807) is 24.4 Å². The van der Waals surface area contributed by atoms with Crippen molar-refractivity contribution in [2.75, 3.05) is 0 Å². The van der Waals surface area contributed by atoms with Gasteiger partial charge in [0.15, 0.2) is 0 Å². The molecule has 1 aromatic heterocycles. The highest BCUT2D eigenvalue weighted by Gasteiger charge is 2.09. The molecule has 0 aliphatic heterocycles. The first-order chi connectivity index (χ1) is 10.0. The van der Waals surface area contributed by atoms with Crippen LogP contribution < -0.4 is 10.9 Å². The maximum Gasteiger partial charge on any atom is 0.286 e. The molecule has 110 valence electrons. The van der Waals surface area contributed by atoms with E-state index in [1.165, 1.54) is 12.1 Å². The Labute approximate surface area is 129 Å². The topological polar surface area (TPSA) is 74.0 Å². The van der Waals surface area contributed by atoms with Gasteiger partial charge in [-0.05, 0) is 46.1 Å². The molecule has 0 fully saturated rings. The molecule has 2 amide bonds. The second kappa shape index (κ2) is 7.03. The minimum absolute atomic E-state index is 0.195. The molecule has 7 heteroatoms. The van der Waals surface area contributed by atoms with Crippen molar-refractivity contribution in [1.82, 2.24) is 15.8 Å². The second-order valence-corrected chi connectivity index (χ2v) is 5.28. The first-order valence-electron chi connectivity index (χ1n) is 6.22. The van der Waals surface area contributed by atoms with Crippen LogP contribution in [0.25, 0.3) is 0 Å². The van der Waals surface area contributed by atoms with E-state index in [9.17, 15) is 14.0 Å². The SMILES string of the molecule is O=C(CCc1ccc(F)cc1)NNC(=O)c1cc(Br)c[nH]1. The lowest BCUT2D eigenvalue weighted by Crippen LogP contribution is -2.41. The van der Waals surface area contributed by atoms with Gasteiger partial charge in [-0.1, -0.05) is 12.1 Å². The number of hydrogen-bond acceptors (Lipinski definition) is 2. The predicted molar refractivity (Wildman–Crippen MR) is 78.8 cm³/mol. The number of rotatable bonds is 4. The molecule has 0 bridgehead atoms. The van der Waals surface area contributed by atoms with E-state index in [0.29, 0.717) is 12.1 Å². The van der Waals surface area contributed by atoms with E-state index in [2.05, 4.69) is 31.8 Å². The van der Waals surface area contributed by atoms with Crippen LogP contribution in [0.5, 0.6) is 0 Å². The summed E-state index contributed by atoms with van der Waals surface area (Å²) in [5.74, 6) is -1.07. The monoisotopic (exact) mass is 353 g/mol. The van der Waals surface area contributed by atoms with Crippen LogP contribution in [0.15, 0.2) is 41.0 Å². The zero-order valence-electron chi connectivity index (χ0n) is 11.0. The molecule has 0 spiro atoms. The summed E-state index contributed by atoms with van der Waals surface area (Å²) in [4.78, 5) is 26.0. The second-order valence-electron chi connectivity index (χ2n) is 4.36. The van der Waals surface area contributed by atoms with Crippen LogP contribution in [-0.4, -0.2) is 16.8 Å². The van der Waals surface area contributed by atoms with E-state index in [4.69, 9.17) is 0 Å². The third-order valence-electron chi connectivity index (χ3n) is 2.76. The molecular formula is C14H13BrFN3O2. The van der Waals surface area contributed by atoms with Gasteiger partial charge in [0.2, 0.25) is 5.91 Å². The van der Waals surface area contributed by atoms with Gasteiger partial charge in [-0.3, -0.25) is 20.4 Å². The maximum absolute atomic E-state index is 12.7. The summed E-state index contributed by atoms with van der Waals surface area (Å²) in [7, 11) is 0. The highest BCUT2D eigenvalue weighted by atomic mass is 79.9. The summed E-state index contributed by atoms with van der Waals surface area (Å²) >= 11 is 3.21. The predicted octanol–water partition coefficient (Wildman–Crippen LogP) is 2.31. The summed E-state index contributed by atoms with van der Waals surface area (Å²) < 4.78 is 13.5. The highest BCUT2D eigenvalue weighted by molar-refractivity contribution is 9.10. The van der Waals surface area contributed by atoms with Crippen LogP contribution in [0, 0.1) is 5.82 Å². The first kappa shape index (κ1) is 15.2. The van der Waals surface area contributed by atoms with Gasteiger partial charge in [-0.25, -0.2) is 4.39 Å². The Morgan fingerprint density at radius 2 is 1.90 bits per heavy atom. The number of aryl methyl sites for hydroxylation is 1. The number of H-pyrrole nitrogens is 1. The smallest absolute Gasteiger partial charge is 0.286 e. The van der Waals surface area contributed by atoms with Crippen molar-refractivity contribution in [2.24, 2.45) is 0 Å². The fourth-order valence-electron chi connectivity index (χ4n) is 1.66. The number of halogens is 2. The molecule has 0 unspecified atom stereocenters. The van der Waals surface area contributed by atoms with Gasteiger partial charge < -0.3 is 4.98 Å². The van der Waals surface area contributed by atoms with Crippen molar-refractivity contribution in [1.29, 1.82) is 0 Å². The zero-order chi connectivity index (χ0) is 15.2. The van der Waals surface area contributed by atoms with Crippen molar-refractivity contribution < 1.29 is 14.0 Å². The van der Waals surface area contributed by atoms with Crippen LogP contribution in [0.2, 0.25) is 0 Å². The van der Waals surface area contributed by atoms with Crippen molar-refractivity contribution in [3.8, 4) is 0 Å². The lowest BCUT2D eigenvalue weighted by Gasteiger charge is -2.06. The molecule has 2 rings (SSSR count). The van der Waals surface area contributed by atoms with E-state index < -0.39 is 5.91 Å². The summed E-state index contributed by atoms with van der Waals surface area (Å²) in [5.41, 5.74) is 5.82.